The van der Waals surface area contributed by atoms with Crippen LogP contribution in [0.1, 0.15) is 6.92 Å². The number of hydrogen-bond donors (Lipinski definition) is 1. The van der Waals surface area contributed by atoms with Gasteiger partial charge >= 0.3 is 0 Å². The fourth-order valence-electron chi connectivity index (χ4n) is 2.25. The molecule has 0 radical (unpaired) electrons. The molecule has 3 amide bonds. The molecule has 0 aliphatic carbocycles. The smallest absolute Gasteiger partial charge is 0.271 e. The average molecular weight is 309 g/mol. The Morgan fingerprint density at radius 1 is 1.36 bits per heavy atom. The molecular formula is C13H12FN3O5. The number of imide groups is 1. The van der Waals surface area contributed by atoms with Crippen molar-refractivity contribution in [3.8, 4) is 0 Å². The molecule has 22 heavy (non-hydrogen) atoms. The van der Waals surface area contributed by atoms with Gasteiger partial charge < -0.3 is 5.32 Å². The molecular weight excluding hydrogens is 297 g/mol. The molecule has 1 fully saturated rings. The number of hydrogen-bond acceptors (Lipinski definition) is 5. The number of benzene rings is 1. The number of halogens is 1. The van der Waals surface area contributed by atoms with Gasteiger partial charge in [0.25, 0.3) is 5.69 Å². The lowest BCUT2D eigenvalue weighted by Crippen LogP contribution is -2.32. The number of nitrogens with one attached hydrogen (secondary N) is 1. The van der Waals surface area contributed by atoms with Crippen molar-refractivity contribution in [1.29, 1.82) is 0 Å². The second-order valence-electron chi connectivity index (χ2n) is 4.91. The molecule has 1 aromatic carbocycles. The van der Waals surface area contributed by atoms with Crippen LogP contribution >= 0.6 is 0 Å². The van der Waals surface area contributed by atoms with E-state index < -0.39 is 51.7 Å². The van der Waals surface area contributed by atoms with Crippen molar-refractivity contribution in [1.82, 2.24) is 4.90 Å². The maximum Gasteiger partial charge on any atom is 0.271 e. The third kappa shape index (κ3) is 2.52. The maximum atomic E-state index is 13.6. The van der Waals surface area contributed by atoms with Crippen LogP contribution in [0.2, 0.25) is 0 Å². The van der Waals surface area contributed by atoms with Crippen molar-refractivity contribution in [3.63, 3.8) is 0 Å². The van der Waals surface area contributed by atoms with E-state index in [9.17, 15) is 28.9 Å². The van der Waals surface area contributed by atoms with Crippen molar-refractivity contribution in [2.24, 2.45) is 11.8 Å². The lowest BCUT2D eigenvalue weighted by Gasteiger charge is -2.12. The van der Waals surface area contributed by atoms with Crippen molar-refractivity contribution < 1.29 is 23.7 Å². The number of carbonyl (C=O) groups excluding carboxylic acids is 3. The molecule has 8 nitrogen and oxygen atoms in total. The first kappa shape index (κ1) is 15.5. The topological polar surface area (TPSA) is 110 Å². The van der Waals surface area contributed by atoms with E-state index in [2.05, 4.69) is 5.32 Å². The van der Waals surface area contributed by atoms with Crippen LogP contribution in [0.5, 0.6) is 0 Å². The van der Waals surface area contributed by atoms with E-state index in [0.29, 0.717) is 0 Å². The zero-order chi connectivity index (χ0) is 16.6. The largest absolute Gasteiger partial charge is 0.323 e. The van der Waals surface area contributed by atoms with Gasteiger partial charge in [-0.3, -0.25) is 29.4 Å². The molecule has 2 rings (SSSR count). The number of nitro benzene ring substituents is 1. The Hall–Kier alpha value is -2.84. The molecule has 1 heterocycles. The number of nitrogens with zero attached hydrogens (tertiary/aromatic N) is 2. The number of nitro groups is 1. The normalized spacial score (nSPS) is 21.1. The van der Waals surface area contributed by atoms with E-state index in [-0.39, 0.29) is 0 Å². The number of amides is 3. The van der Waals surface area contributed by atoms with Crippen LogP contribution < -0.4 is 5.32 Å². The summed E-state index contributed by atoms with van der Waals surface area (Å²) in [5, 5.41) is 12.8. The lowest BCUT2D eigenvalue weighted by molar-refractivity contribution is -0.384. The molecule has 1 aliphatic rings. The second-order valence-corrected chi connectivity index (χ2v) is 4.91. The van der Waals surface area contributed by atoms with Crippen LogP contribution in [0.4, 0.5) is 15.8 Å². The minimum absolute atomic E-state index is 0.407. The van der Waals surface area contributed by atoms with Gasteiger partial charge in [-0.2, -0.15) is 0 Å². The van der Waals surface area contributed by atoms with Crippen LogP contribution in [0, 0.1) is 27.8 Å². The van der Waals surface area contributed by atoms with E-state index in [1.54, 1.807) is 0 Å². The highest BCUT2D eigenvalue weighted by Crippen LogP contribution is 2.27. The van der Waals surface area contributed by atoms with Crippen molar-refractivity contribution in [2.45, 2.75) is 6.92 Å². The number of rotatable bonds is 3. The molecule has 0 spiro atoms. The fourth-order valence-corrected chi connectivity index (χ4v) is 2.25. The zero-order valence-corrected chi connectivity index (χ0v) is 11.7. The monoisotopic (exact) mass is 309 g/mol. The van der Waals surface area contributed by atoms with Gasteiger partial charge in [0.2, 0.25) is 17.7 Å². The summed E-state index contributed by atoms with van der Waals surface area (Å²) in [5.74, 6) is -5.12. The van der Waals surface area contributed by atoms with E-state index >= 15 is 0 Å². The molecule has 1 aliphatic heterocycles. The Kier molecular flexibility index (Phi) is 3.89. The van der Waals surface area contributed by atoms with E-state index in [4.69, 9.17) is 0 Å². The molecule has 2 atom stereocenters. The van der Waals surface area contributed by atoms with Crippen LogP contribution in [-0.4, -0.2) is 34.6 Å². The van der Waals surface area contributed by atoms with Crippen molar-refractivity contribution in [3.05, 3.63) is 34.1 Å². The summed E-state index contributed by atoms with van der Waals surface area (Å²) in [4.78, 5) is 46.4. The highest BCUT2D eigenvalue weighted by molar-refractivity contribution is 6.17. The Labute approximate surface area is 124 Å². The summed E-state index contributed by atoms with van der Waals surface area (Å²) in [6.45, 7) is 1.41. The summed E-state index contributed by atoms with van der Waals surface area (Å²) in [5.41, 5.74) is -0.822. The maximum absolute atomic E-state index is 13.6. The average Bonchev–Trinajstić information content (AvgIpc) is 2.65. The van der Waals surface area contributed by atoms with Gasteiger partial charge in [-0.1, -0.05) is 6.92 Å². The number of non-ortho nitro benzene ring substituents is 1. The van der Waals surface area contributed by atoms with E-state index in [0.717, 1.165) is 23.1 Å². The minimum atomic E-state index is -1.28. The molecule has 116 valence electrons. The summed E-state index contributed by atoms with van der Waals surface area (Å²) < 4.78 is 13.6. The van der Waals surface area contributed by atoms with Gasteiger partial charge in [0, 0.05) is 19.2 Å². The SMILES string of the molecule is CC1C(=O)N(C)C(=O)C1C(=O)Nc1cc([N+](=O)[O-])ccc1F. The molecule has 0 aromatic heterocycles. The molecule has 1 N–H and O–H groups in total. The first-order valence-corrected chi connectivity index (χ1v) is 6.30. The zero-order valence-electron chi connectivity index (χ0n) is 11.7. The number of carbonyl (C=O) groups is 3. The van der Waals surface area contributed by atoms with Crippen LogP contribution in [0.3, 0.4) is 0 Å². The Bertz CT molecular complexity index is 690. The molecule has 1 saturated heterocycles. The van der Waals surface area contributed by atoms with Crippen LogP contribution in [0.25, 0.3) is 0 Å². The summed E-state index contributed by atoms with van der Waals surface area (Å²) in [6.07, 6.45) is 0. The first-order valence-electron chi connectivity index (χ1n) is 6.30. The summed E-state index contributed by atoms with van der Waals surface area (Å²) >= 11 is 0. The lowest BCUT2D eigenvalue weighted by atomic mass is 9.96. The predicted molar refractivity (Wildman–Crippen MR) is 72.1 cm³/mol. The highest BCUT2D eigenvalue weighted by atomic mass is 19.1. The quantitative estimate of drug-likeness (QED) is 0.386. The van der Waals surface area contributed by atoms with E-state index in [1.165, 1.54) is 14.0 Å². The third-order valence-corrected chi connectivity index (χ3v) is 3.52. The minimum Gasteiger partial charge on any atom is -0.323 e. The molecule has 2 unspecified atom stereocenters. The van der Waals surface area contributed by atoms with Gasteiger partial charge in [0.1, 0.15) is 11.7 Å². The van der Waals surface area contributed by atoms with Crippen LogP contribution in [0.15, 0.2) is 18.2 Å². The standard InChI is InChI=1S/C13H12FN3O5/c1-6-10(13(20)16(2)12(6)19)11(18)15-9-5-7(17(21)22)3-4-8(9)14/h3-6,10H,1-2H3,(H,15,18). The Morgan fingerprint density at radius 3 is 2.50 bits per heavy atom. The van der Waals surface area contributed by atoms with Gasteiger partial charge in [0.05, 0.1) is 16.5 Å². The second kappa shape index (κ2) is 5.51. The Morgan fingerprint density at radius 2 is 2.00 bits per heavy atom. The van der Waals surface area contributed by atoms with Crippen molar-refractivity contribution in [2.75, 3.05) is 12.4 Å². The highest BCUT2D eigenvalue weighted by Gasteiger charge is 2.47. The molecule has 1 aromatic rings. The van der Waals surface area contributed by atoms with Crippen LogP contribution in [-0.2, 0) is 14.4 Å². The summed E-state index contributed by atoms with van der Waals surface area (Å²) in [6, 6.07) is 2.64. The van der Waals surface area contributed by atoms with Gasteiger partial charge in [0.15, 0.2) is 0 Å². The number of likely N-dealkylation sites (tertiary alicyclic amines) is 1. The van der Waals surface area contributed by atoms with Gasteiger partial charge in [-0.05, 0) is 6.07 Å². The number of anilines is 1. The fraction of sp³-hybridized carbons (Fsp3) is 0.308. The molecule has 9 heteroatoms. The summed E-state index contributed by atoms with van der Waals surface area (Å²) in [7, 11) is 1.25. The Balaban J connectivity index is 2.26. The van der Waals surface area contributed by atoms with Gasteiger partial charge in [-0.25, -0.2) is 4.39 Å². The first-order chi connectivity index (χ1) is 10.2. The molecule has 0 saturated carbocycles. The third-order valence-electron chi connectivity index (χ3n) is 3.52. The van der Waals surface area contributed by atoms with Gasteiger partial charge in [-0.15, -0.1) is 0 Å². The van der Waals surface area contributed by atoms with Crippen molar-refractivity contribution >= 4 is 29.1 Å². The molecule has 0 bridgehead atoms. The predicted octanol–water partition coefficient (Wildman–Crippen LogP) is 0.923. The van der Waals surface area contributed by atoms with E-state index in [1.807, 2.05) is 0 Å².